The summed E-state index contributed by atoms with van der Waals surface area (Å²) in [4.78, 5) is 14.5. The van der Waals surface area contributed by atoms with Crippen molar-refractivity contribution in [3.63, 3.8) is 0 Å². The van der Waals surface area contributed by atoms with Crippen LogP contribution in [0.5, 0.6) is 5.75 Å². The summed E-state index contributed by atoms with van der Waals surface area (Å²) in [7, 11) is 0. The molecular weight excluding hydrogens is 226 g/mol. The molecule has 1 aromatic heterocycles. The van der Waals surface area contributed by atoms with E-state index in [0.717, 1.165) is 10.6 Å². The lowest BCUT2D eigenvalue weighted by atomic mass is 10.2. The highest BCUT2D eigenvalue weighted by Crippen LogP contribution is 2.25. The molecule has 0 spiro atoms. The number of ether oxygens (including phenoxy) is 1. The summed E-state index contributed by atoms with van der Waals surface area (Å²) < 4.78 is 5.08. The molecule has 0 amide bonds. The lowest BCUT2D eigenvalue weighted by Gasteiger charge is -2.04. The van der Waals surface area contributed by atoms with E-state index in [9.17, 15) is 4.79 Å². The molecule has 1 N–H and O–H groups in total. The molecule has 0 atom stereocenters. The van der Waals surface area contributed by atoms with Crippen molar-refractivity contribution in [1.29, 1.82) is 0 Å². The minimum atomic E-state index is -0.986. The summed E-state index contributed by atoms with van der Waals surface area (Å²) >= 11 is 1.53. The van der Waals surface area contributed by atoms with Gasteiger partial charge in [-0.15, -0.1) is 11.3 Å². The minimum absolute atomic E-state index is 0.332. The van der Waals surface area contributed by atoms with E-state index >= 15 is 0 Å². The molecule has 1 heterocycles. The van der Waals surface area contributed by atoms with Gasteiger partial charge >= 0.3 is 5.97 Å². The first-order valence-electron chi connectivity index (χ1n) is 4.60. The number of hydrogen-bond acceptors (Lipinski definition) is 4. The van der Waals surface area contributed by atoms with Crippen LogP contribution < -0.4 is 4.74 Å². The largest absolute Gasteiger partial charge is 0.482 e. The standard InChI is InChI=1S/C11H9NO3S/c13-10(14)7-15-9-3-1-2-8(6-9)11-12-4-5-16-11/h1-6H,7H2,(H,13,14). The Kier molecular flexibility index (Phi) is 3.16. The van der Waals surface area contributed by atoms with Crippen molar-refractivity contribution >= 4 is 17.3 Å². The lowest BCUT2D eigenvalue weighted by Crippen LogP contribution is -2.09. The molecule has 0 saturated heterocycles. The Balaban J connectivity index is 2.17. The van der Waals surface area contributed by atoms with Gasteiger partial charge in [0.15, 0.2) is 6.61 Å². The highest BCUT2D eigenvalue weighted by molar-refractivity contribution is 7.13. The maximum absolute atomic E-state index is 10.4. The van der Waals surface area contributed by atoms with E-state index in [-0.39, 0.29) is 6.61 Å². The Morgan fingerprint density at radius 1 is 1.50 bits per heavy atom. The molecule has 0 radical (unpaired) electrons. The van der Waals surface area contributed by atoms with E-state index in [1.165, 1.54) is 11.3 Å². The molecule has 4 nitrogen and oxygen atoms in total. The predicted molar refractivity (Wildman–Crippen MR) is 60.7 cm³/mol. The average molecular weight is 235 g/mol. The van der Waals surface area contributed by atoms with Crippen LogP contribution in [0.25, 0.3) is 10.6 Å². The van der Waals surface area contributed by atoms with Gasteiger partial charge in [-0.2, -0.15) is 0 Å². The lowest BCUT2D eigenvalue weighted by molar-refractivity contribution is -0.139. The molecule has 82 valence electrons. The molecule has 2 aromatic rings. The molecule has 5 heteroatoms. The van der Waals surface area contributed by atoms with Crippen molar-refractivity contribution < 1.29 is 14.6 Å². The molecule has 16 heavy (non-hydrogen) atoms. The Bertz CT molecular complexity index is 482. The molecule has 0 aliphatic carbocycles. The number of hydrogen-bond donors (Lipinski definition) is 1. The van der Waals surface area contributed by atoms with Gasteiger partial charge in [0.2, 0.25) is 0 Å². The maximum atomic E-state index is 10.4. The van der Waals surface area contributed by atoms with Crippen molar-refractivity contribution in [2.24, 2.45) is 0 Å². The normalized spacial score (nSPS) is 10.0. The number of carbonyl (C=O) groups is 1. The van der Waals surface area contributed by atoms with Crippen molar-refractivity contribution in [2.45, 2.75) is 0 Å². The molecule has 0 bridgehead atoms. The Morgan fingerprint density at radius 3 is 3.06 bits per heavy atom. The summed E-state index contributed by atoms with van der Waals surface area (Å²) in [6, 6.07) is 7.22. The fourth-order valence-corrected chi connectivity index (χ4v) is 1.87. The molecule has 0 aliphatic rings. The first-order chi connectivity index (χ1) is 7.75. The van der Waals surface area contributed by atoms with Gasteiger partial charge in [-0.3, -0.25) is 0 Å². The van der Waals surface area contributed by atoms with E-state index in [1.807, 2.05) is 17.5 Å². The third-order valence-corrected chi connectivity index (χ3v) is 2.70. The van der Waals surface area contributed by atoms with Gasteiger partial charge in [0.1, 0.15) is 10.8 Å². The zero-order chi connectivity index (χ0) is 11.4. The molecule has 0 fully saturated rings. The number of nitrogens with zero attached hydrogens (tertiary/aromatic N) is 1. The van der Waals surface area contributed by atoms with Gasteiger partial charge < -0.3 is 9.84 Å². The number of aliphatic carboxylic acids is 1. The van der Waals surface area contributed by atoms with Gasteiger partial charge in [-0.05, 0) is 12.1 Å². The summed E-state index contributed by atoms with van der Waals surface area (Å²) in [6.45, 7) is -0.332. The zero-order valence-electron chi connectivity index (χ0n) is 8.29. The number of carboxylic acids is 1. The third kappa shape index (κ3) is 2.58. The highest BCUT2D eigenvalue weighted by atomic mass is 32.1. The van der Waals surface area contributed by atoms with Crippen LogP contribution in [-0.4, -0.2) is 22.7 Å². The Morgan fingerprint density at radius 2 is 2.38 bits per heavy atom. The quantitative estimate of drug-likeness (QED) is 0.883. The highest BCUT2D eigenvalue weighted by Gasteiger charge is 2.03. The van der Waals surface area contributed by atoms with Gasteiger partial charge in [0.25, 0.3) is 0 Å². The zero-order valence-corrected chi connectivity index (χ0v) is 9.11. The maximum Gasteiger partial charge on any atom is 0.341 e. The Labute approximate surface area is 96.1 Å². The van der Waals surface area contributed by atoms with Crippen LogP contribution in [0, 0.1) is 0 Å². The number of aromatic nitrogens is 1. The van der Waals surface area contributed by atoms with E-state index in [2.05, 4.69) is 4.98 Å². The van der Waals surface area contributed by atoms with Crippen LogP contribution in [0.3, 0.4) is 0 Å². The molecular formula is C11H9NO3S. The Hall–Kier alpha value is -1.88. The van der Waals surface area contributed by atoms with Crippen LogP contribution in [-0.2, 0) is 4.79 Å². The monoisotopic (exact) mass is 235 g/mol. The first-order valence-corrected chi connectivity index (χ1v) is 5.48. The summed E-state index contributed by atoms with van der Waals surface area (Å²) in [5.41, 5.74) is 0.929. The predicted octanol–water partition coefficient (Wildman–Crippen LogP) is 2.27. The van der Waals surface area contributed by atoms with E-state index in [0.29, 0.717) is 5.75 Å². The summed E-state index contributed by atoms with van der Waals surface area (Å²) in [6.07, 6.45) is 1.73. The van der Waals surface area contributed by atoms with Crippen LogP contribution in [0.2, 0.25) is 0 Å². The minimum Gasteiger partial charge on any atom is -0.482 e. The van der Waals surface area contributed by atoms with E-state index < -0.39 is 5.97 Å². The first kappa shape index (κ1) is 10.6. The van der Waals surface area contributed by atoms with Crippen molar-refractivity contribution in [3.05, 3.63) is 35.8 Å². The third-order valence-electron chi connectivity index (χ3n) is 1.88. The molecule has 0 aliphatic heterocycles. The number of thiazole rings is 1. The smallest absolute Gasteiger partial charge is 0.341 e. The summed E-state index contributed by atoms with van der Waals surface area (Å²) in [5, 5.41) is 11.3. The fourth-order valence-electron chi connectivity index (χ4n) is 1.23. The second kappa shape index (κ2) is 4.76. The average Bonchev–Trinajstić information content (AvgIpc) is 2.80. The van der Waals surface area contributed by atoms with Gasteiger partial charge in [-0.1, -0.05) is 12.1 Å². The van der Waals surface area contributed by atoms with Gasteiger partial charge in [0.05, 0.1) is 0 Å². The molecule has 0 unspecified atom stereocenters. The number of benzene rings is 1. The molecule has 0 saturated carbocycles. The van der Waals surface area contributed by atoms with E-state index in [1.54, 1.807) is 18.3 Å². The summed E-state index contributed by atoms with van der Waals surface area (Å²) in [5.74, 6) is -0.449. The van der Waals surface area contributed by atoms with Crippen molar-refractivity contribution in [1.82, 2.24) is 4.98 Å². The van der Waals surface area contributed by atoms with Crippen molar-refractivity contribution in [2.75, 3.05) is 6.61 Å². The number of carboxylic acid groups (broad SMARTS) is 1. The van der Waals surface area contributed by atoms with Crippen LogP contribution in [0.1, 0.15) is 0 Å². The topological polar surface area (TPSA) is 59.4 Å². The fraction of sp³-hybridized carbons (Fsp3) is 0.0909. The van der Waals surface area contributed by atoms with E-state index in [4.69, 9.17) is 9.84 Å². The van der Waals surface area contributed by atoms with Crippen LogP contribution >= 0.6 is 11.3 Å². The number of rotatable bonds is 4. The SMILES string of the molecule is O=C(O)COc1cccc(-c2nccs2)c1. The second-order valence-electron chi connectivity index (χ2n) is 3.05. The molecule has 1 aromatic carbocycles. The molecule has 2 rings (SSSR count). The van der Waals surface area contributed by atoms with Crippen molar-refractivity contribution in [3.8, 4) is 16.3 Å². The second-order valence-corrected chi connectivity index (χ2v) is 3.94. The van der Waals surface area contributed by atoms with Crippen LogP contribution in [0.4, 0.5) is 0 Å². The van der Waals surface area contributed by atoms with Gasteiger partial charge in [-0.25, -0.2) is 9.78 Å². The van der Waals surface area contributed by atoms with Crippen LogP contribution in [0.15, 0.2) is 35.8 Å². The van der Waals surface area contributed by atoms with Gasteiger partial charge in [0, 0.05) is 17.1 Å².